The van der Waals surface area contributed by atoms with E-state index in [1.165, 1.54) is 24.0 Å². The fourth-order valence-corrected chi connectivity index (χ4v) is 2.98. The van der Waals surface area contributed by atoms with Crippen LogP contribution in [0.15, 0.2) is 18.2 Å². The number of ketones is 1. The Hall–Kier alpha value is -2.17. The highest BCUT2D eigenvalue weighted by Crippen LogP contribution is 2.23. The van der Waals surface area contributed by atoms with Crippen molar-refractivity contribution in [2.75, 3.05) is 6.61 Å². The van der Waals surface area contributed by atoms with Crippen molar-refractivity contribution in [2.45, 2.75) is 57.4 Å². The third-order valence-electron chi connectivity index (χ3n) is 4.53. The second-order valence-electron chi connectivity index (χ2n) is 6.62. The lowest BCUT2D eigenvalue weighted by Gasteiger charge is -2.16. The molecule has 1 fully saturated rings. The van der Waals surface area contributed by atoms with Gasteiger partial charge in [0.05, 0.1) is 6.42 Å². The molecule has 1 N–H and O–H groups in total. The molecular formula is C19H23NO4. The van der Waals surface area contributed by atoms with Crippen LogP contribution in [0.5, 0.6) is 0 Å². The topological polar surface area (TPSA) is 72.5 Å². The monoisotopic (exact) mass is 329 g/mol. The van der Waals surface area contributed by atoms with E-state index in [-0.39, 0.29) is 37.2 Å². The molecule has 0 heterocycles. The molecule has 0 aromatic heterocycles. The van der Waals surface area contributed by atoms with E-state index in [4.69, 9.17) is 4.74 Å². The molecule has 5 nitrogen and oxygen atoms in total. The van der Waals surface area contributed by atoms with Crippen LogP contribution in [-0.4, -0.2) is 30.3 Å². The van der Waals surface area contributed by atoms with Crippen LogP contribution >= 0.6 is 0 Å². The van der Waals surface area contributed by atoms with Crippen molar-refractivity contribution < 1.29 is 19.1 Å². The third kappa shape index (κ3) is 4.66. The number of hydrogen-bond donors (Lipinski definition) is 1. The van der Waals surface area contributed by atoms with E-state index < -0.39 is 5.97 Å². The number of esters is 1. The summed E-state index contributed by atoms with van der Waals surface area (Å²) < 4.78 is 4.91. The summed E-state index contributed by atoms with van der Waals surface area (Å²) in [7, 11) is 0. The van der Waals surface area contributed by atoms with Crippen LogP contribution in [0, 0.1) is 0 Å². The molecular weight excluding hydrogens is 306 g/mol. The van der Waals surface area contributed by atoms with Crippen molar-refractivity contribution in [3.63, 3.8) is 0 Å². The fraction of sp³-hybridized carbons (Fsp3) is 0.526. The molecule has 5 heteroatoms. The Morgan fingerprint density at radius 1 is 1.04 bits per heavy atom. The van der Waals surface area contributed by atoms with Gasteiger partial charge in [-0.3, -0.25) is 14.4 Å². The highest BCUT2D eigenvalue weighted by molar-refractivity contribution is 5.97. The zero-order valence-corrected chi connectivity index (χ0v) is 13.8. The zero-order chi connectivity index (χ0) is 16.9. The summed E-state index contributed by atoms with van der Waals surface area (Å²) in [6.07, 6.45) is 6.59. The van der Waals surface area contributed by atoms with Crippen LogP contribution in [0.3, 0.4) is 0 Å². The first-order valence-electron chi connectivity index (χ1n) is 8.72. The van der Waals surface area contributed by atoms with Crippen molar-refractivity contribution in [3.8, 4) is 0 Å². The van der Waals surface area contributed by atoms with E-state index in [0.29, 0.717) is 5.56 Å². The molecule has 1 aromatic rings. The summed E-state index contributed by atoms with van der Waals surface area (Å²) in [5, 5.41) is 2.75. The fourth-order valence-electron chi connectivity index (χ4n) is 2.98. The Balaban J connectivity index is 1.42. The van der Waals surface area contributed by atoms with Gasteiger partial charge in [-0.1, -0.05) is 12.1 Å². The maximum Gasteiger partial charge on any atom is 0.306 e. The van der Waals surface area contributed by atoms with Crippen molar-refractivity contribution >= 4 is 17.7 Å². The van der Waals surface area contributed by atoms with Gasteiger partial charge in [0.15, 0.2) is 12.4 Å². The minimum atomic E-state index is -0.507. The lowest BCUT2D eigenvalue weighted by molar-refractivity contribution is -0.148. The number of aryl methyl sites for hydroxylation is 2. The molecule has 1 aromatic carbocycles. The molecule has 3 rings (SSSR count). The Labute approximate surface area is 141 Å². The van der Waals surface area contributed by atoms with Gasteiger partial charge in [0.1, 0.15) is 0 Å². The average Bonchev–Trinajstić information content (AvgIpc) is 3.41. The number of nitrogens with one attached hydrogen (secondary N) is 1. The zero-order valence-electron chi connectivity index (χ0n) is 13.8. The number of amides is 1. The molecule has 0 bridgehead atoms. The first-order valence-corrected chi connectivity index (χ1v) is 8.72. The maximum absolute atomic E-state index is 12.2. The van der Waals surface area contributed by atoms with E-state index in [1.807, 2.05) is 18.2 Å². The summed E-state index contributed by atoms with van der Waals surface area (Å²) in [5.74, 6) is -0.832. The second-order valence-corrected chi connectivity index (χ2v) is 6.62. The molecule has 2 aliphatic rings. The maximum atomic E-state index is 12.2. The molecule has 0 spiro atoms. The van der Waals surface area contributed by atoms with Gasteiger partial charge in [0.2, 0.25) is 0 Å². The molecule has 1 saturated carbocycles. The number of carbonyl (C=O) groups excluding carboxylic acids is 3. The summed E-state index contributed by atoms with van der Waals surface area (Å²) in [6, 6.07) is 6.09. The summed E-state index contributed by atoms with van der Waals surface area (Å²) in [5.41, 5.74) is 3.25. The van der Waals surface area contributed by atoms with Crippen LogP contribution in [0.2, 0.25) is 0 Å². The van der Waals surface area contributed by atoms with E-state index >= 15 is 0 Å². The lowest BCUT2D eigenvalue weighted by Crippen LogP contribution is -2.30. The molecule has 0 unspecified atom stereocenters. The number of fused-ring (bicyclic) bond motifs is 1. The van der Waals surface area contributed by atoms with Crippen LogP contribution in [0.1, 0.15) is 60.0 Å². The van der Waals surface area contributed by atoms with Gasteiger partial charge in [-0.25, -0.2) is 0 Å². The molecule has 2 aliphatic carbocycles. The number of hydrogen-bond acceptors (Lipinski definition) is 4. The second kappa shape index (κ2) is 7.60. The average molecular weight is 329 g/mol. The van der Waals surface area contributed by atoms with Crippen LogP contribution in [0.25, 0.3) is 0 Å². The Morgan fingerprint density at radius 3 is 2.54 bits per heavy atom. The highest BCUT2D eigenvalue weighted by Gasteiger charge is 2.23. The van der Waals surface area contributed by atoms with Gasteiger partial charge in [-0.2, -0.15) is 0 Å². The van der Waals surface area contributed by atoms with Crippen LogP contribution in [-0.2, 0) is 27.2 Å². The van der Waals surface area contributed by atoms with Gasteiger partial charge in [-0.15, -0.1) is 0 Å². The van der Waals surface area contributed by atoms with E-state index in [0.717, 1.165) is 25.7 Å². The van der Waals surface area contributed by atoms with Crippen molar-refractivity contribution in [2.24, 2.45) is 0 Å². The molecule has 0 radical (unpaired) electrons. The molecule has 128 valence electrons. The number of rotatable bonds is 7. The normalized spacial score (nSPS) is 16.2. The van der Waals surface area contributed by atoms with E-state index in [2.05, 4.69) is 5.32 Å². The van der Waals surface area contributed by atoms with Gasteiger partial charge < -0.3 is 10.1 Å². The van der Waals surface area contributed by atoms with E-state index in [1.54, 1.807) is 0 Å². The molecule has 0 atom stereocenters. The van der Waals surface area contributed by atoms with Gasteiger partial charge >= 0.3 is 5.97 Å². The number of carbonyl (C=O) groups is 3. The molecule has 24 heavy (non-hydrogen) atoms. The van der Waals surface area contributed by atoms with Crippen molar-refractivity contribution in [1.29, 1.82) is 0 Å². The minimum absolute atomic E-state index is 0.00657. The number of ether oxygens (including phenoxy) is 1. The first kappa shape index (κ1) is 16.7. The minimum Gasteiger partial charge on any atom is -0.456 e. The Bertz CT molecular complexity index is 649. The predicted molar refractivity (Wildman–Crippen MR) is 88.8 cm³/mol. The number of benzene rings is 1. The van der Waals surface area contributed by atoms with Crippen molar-refractivity contribution in [3.05, 3.63) is 34.9 Å². The quantitative estimate of drug-likeness (QED) is 0.616. The summed E-state index contributed by atoms with van der Waals surface area (Å²) >= 11 is 0. The number of Topliss-reactive ketones (excluding diaryl/α,β-unsaturated/α-hetero) is 1. The smallest absolute Gasteiger partial charge is 0.306 e. The summed E-state index contributed by atoms with van der Waals surface area (Å²) in [6.45, 7) is -0.262. The van der Waals surface area contributed by atoms with Crippen LogP contribution in [0.4, 0.5) is 0 Å². The highest BCUT2D eigenvalue weighted by atomic mass is 16.5. The molecule has 0 aliphatic heterocycles. The Kier molecular flexibility index (Phi) is 5.28. The largest absolute Gasteiger partial charge is 0.456 e. The molecule has 1 amide bonds. The standard InChI is InChI=1S/C19H23NO4/c21-17(15-6-5-13-3-1-2-4-14(13)11-15)9-10-19(23)24-12-18(22)20-16-7-8-16/h5-6,11,16H,1-4,7-10,12H2,(H,20,22). The van der Waals surface area contributed by atoms with Crippen LogP contribution < -0.4 is 5.32 Å². The Morgan fingerprint density at radius 2 is 1.79 bits per heavy atom. The lowest BCUT2D eigenvalue weighted by atomic mass is 9.89. The summed E-state index contributed by atoms with van der Waals surface area (Å²) in [4.78, 5) is 35.3. The first-order chi connectivity index (χ1) is 11.6. The van der Waals surface area contributed by atoms with Gasteiger partial charge in [0.25, 0.3) is 5.91 Å². The van der Waals surface area contributed by atoms with E-state index in [9.17, 15) is 14.4 Å². The van der Waals surface area contributed by atoms with Gasteiger partial charge in [0, 0.05) is 18.0 Å². The third-order valence-corrected chi connectivity index (χ3v) is 4.53. The predicted octanol–water partition coefficient (Wildman–Crippen LogP) is 2.35. The molecule has 0 saturated heterocycles. The van der Waals surface area contributed by atoms with Gasteiger partial charge in [-0.05, 0) is 55.7 Å². The SMILES string of the molecule is O=C(COC(=O)CCC(=O)c1ccc2c(c1)CCCC2)NC1CC1. The van der Waals surface area contributed by atoms with Crippen molar-refractivity contribution in [1.82, 2.24) is 5.32 Å².